The first-order valence-corrected chi connectivity index (χ1v) is 9.60. The number of carbonyl (C=O) groups excluding carboxylic acids is 1. The normalized spacial score (nSPS) is 10.7. The van der Waals surface area contributed by atoms with E-state index in [2.05, 4.69) is 6.92 Å². The van der Waals surface area contributed by atoms with Crippen LogP contribution < -0.4 is 18.9 Å². The summed E-state index contributed by atoms with van der Waals surface area (Å²) in [5.74, 6) is 1.79. The molecule has 0 spiro atoms. The Kier molecular flexibility index (Phi) is 8.92. The molecule has 0 atom stereocenters. The Balaban J connectivity index is 2.00. The van der Waals surface area contributed by atoms with Crippen LogP contribution in [0.4, 0.5) is 0 Å². The van der Waals surface area contributed by atoms with Gasteiger partial charge in [-0.1, -0.05) is 38.0 Å². The monoisotopic (exact) mass is 384 g/mol. The van der Waals surface area contributed by atoms with Crippen LogP contribution in [0.25, 0.3) is 6.08 Å². The van der Waals surface area contributed by atoms with E-state index in [1.165, 1.54) is 6.08 Å². The molecule has 0 amide bonds. The molecule has 5 heteroatoms. The van der Waals surface area contributed by atoms with Gasteiger partial charge >= 0.3 is 5.97 Å². The predicted molar refractivity (Wildman–Crippen MR) is 110 cm³/mol. The number of rotatable bonds is 11. The molecule has 0 aliphatic carbocycles. The highest BCUT2D eigenvalue weighted by Crippen LogP contribution is 2.29. The van der Waals surface area contributed by atoms with Crippen LogP contribution >= 0.6 is 0 Å². The Labute approximate surface area is 166 Å². The van der Waals surface area contributed by atoms with Crippen molar-refractivity contribution >= 4 is 12.0 Å². The lowest BCUT2D eigenvalue weighted by Gasteiger charge is -2.11. The summed E-state index contributed by atoms with van der Waals surface area (Å²) < 4.78 is 22.0. The minimum atomic E-state index is -0.481. The minimum Gasteiger partial charge on any atom is -0.493 e. The molecule has 28 heavy (non-hydrogen) atoms. The molecular weight excluding hydrogens is 356 g/mol. The molecule has 0 unspecified atom stereocenters. The van der Waals surface area contributed by atoms with Crippen LogP contribution in [0.5, 0.6) is 23.0 Å². The molecule has 2 aromatic rings. The van der Waals surface area contributed by atoms with Crippen molar-refractivity contribution < 1.29 is 23.7 Å². The molecule has 2 rings (SSSR count). The summed E-state index contributed by atoms with van der Waals surface area (Å²) in [6, 6.07) is 12.6. The van der Waals surface area contributed by atoms with E-state index in [-0.39, 0.29) is 0 Å². The van der Waals surface area contributed by atoms with Gasteiger partial charge in [0.1, 0.15) is 0 Å². The Morgan fingerprint density at radius 1 is 0.929 bits per heavy atom. The van der Waals surface area contributed by atoms with Crippen molar-refractivity contribution in [2.75, 3.05) is 20.3 Å². The molecular formula is C23H28O5. The van der Waals surface area contributed by atoms with E-state index in [0.717, 1.165) is 24.8 Å². The van der Waals surface area contributed by atoms with Gasteiger partial charge in [-0.2, -0.15) is 0 Å². The molecule has 0 aliphatic heterocycles. The molecule has 0 radical (unpaired) electrons. The van der Waals surface area contributed by atoms with Crippen molar-refractivity contribution in [3.63, 3.8) is 0 Å². The van der Waals surface area contributed by atoms with E-state index >= 15 is 0 Å². The third kappa shape index (κ3) is 6.65. The summed E-state index contributed by atoms with van der Waals surface area (Å²) in [4.78, 5) is 12.1. The van der Waals surface area contributed by atoms with E-state index in [1.807, 2.05) is 31.2 Å². The van der Waals surface area contributed by atoms with Gasteiger partial charge in [-0.25, -0.2) is 4.79 Å². The molecule has 0 fully saturated rings. The van der Waals surface area contributed by atoms with Crippen molar-refractivity contribution in [2.24, 2.45) is 0 Å². The molecule has 0 heterocycles. The second-order valence-electron chi connectivity index (χ2n) is 6.10. The number of unbranched alkanes of at least 4 members (excludes halogenated alkanes) is 2. The number of benzene rings is 2. The molecule has 2 aromatic carbocycles. The van der Waals surface area contributed by atoms with Crippen molar-refractivity contribution in [1.82, 2.24) is 0 Å². The fourth-order valence-electron chi connectivity index (χ4n) is 2.56. The Hall–Kier alpha value is -2.95. The summed E-state index contributed by atoms with van der Waals surface area (Å²) in [7, 11) is 1.60. The number of ether oxygens (including phenoxy) is 4. The maximum Gasteiger partial charge on any atom is 0.336 e. The minimum absolute atomic E-state index is 0.396. The fourth-order valence-corrected chi connectivity index (χ4v) is 2.56. The quantitative estimate of drug-likeness (QED) is 0.228. The number of hydrogen-bond donors (Lipinski definition) is 0. The third-order valence-electron chi connectivity index (χ3n) is 3.96. The number of para-hydroxylation sites is 2. The van der Waals surface area contributed by atoms with Gasteiger partial charge in [-0.15, -0.1) is 0 Å². The van der Waals surface area contributed by atoms with Crippen molar-refractivity contribution in [3.8, 4) is 23.0 Å². The summed E-state index contributed by atoms with van der Waals surface area (Å²) >= 11 is 0. The van der Waals surface area contributed by atoms with Gasteiger partial charge in [0.25, 0.3) is 0 Å². The molecule has 0 saturated carbocycles. The first-order valence-electron chi connectivity index (χ1n) is 9.60. The van der Waals surface area contributed by atoms with Crippen LogP contribution in [0, 0.1) is 0 Å². The van der Waals surface area contributed by atoms with Gasteiger partial charge in [0.2, 0.25) is 0 Å². The first-order chi connectivity index (χ1) is 13.7. The Morgan fingerprint density at radius 3 is 2.39 bits per heavy atom. The van der Waals surface area contributed by atoms with Crippen LogP contribution in [0.3, 0.4) is 0 Å². The summed E-state index contributed by atoms with van der Waals surface area (Å²) in [6.07, 6.45) is 6.34. The van der Waals surface area contributed by atoms with Crippen molar-refractivity contribution in [3.05, 3.63) is 54.1 Å². The highest BCUT2D eigenvalue weighted by Gasteiger charge is 2.08. The number of methoxy groups -OCH3 is 1. The zero-order valence-electron chi connectivity index (χ0n) is 16.8. The SMILES string of the molecule is CCCCCOc1ccc(/C=C/C(=O)Oc2ccccc2OCC)cc1OC. The lowest BCUT2D eigenvalue weighted by Crippen LogP contribution is -2.05. The fraction of sp³-hybridized carbons (Fsp3) is 0.348. The maximum absolute atomic E-state index is 12.1. The largest absolute Gasteiger partial charge is 0.493 e. The second kappa shape index (κ2) is 11.7. The summed E-state index contributed by atoms with van der Waals surface area (Å²) in [6.45, 7) is 5.19. The zero-order chi connectivity index (χ0) is 20.2. The average molecular weight is 384 g/mol. The topological polar surface area (TPSA) is 54.0 Å². The number of carbonyl (C=O) groups is 1. The standard InChI is InChI=1S/C23H28O5/c1-4-6-9-16-27-20-14-12-18(17-22(20)25-3)13-15-23(24)28-21-11-8-7-10-19(21)26-5-2/h7-8,10-15,17H,4-6,9,16H2,1-3H3/b15-13+. The number of hydrogen-bond acceptors (Lipinski definition) is 5. The van der Waals surface area contributed by atoms with Crippen LogP contribution in [0.1, 0.15) is 38.7 Å². The predicted octanol–water partition coefficient (Wildman–Crippen LogP) is 5.28. The molecule has 5 nitrogen and oxygen atoms in total. The van der Waals surface area contributed by atoms with Crippen molar-refractivity contribution in [1.29, 1.82) is 0 Å². The Morgan fingerprint density at radius 2 is 1.68 bits per heavy atom. The first kappa shape index (κ1) is 21.4. The Bertz CT molecular complexity index is 782. The average Bonchev–Trinajstić information content (AvgIpc) is 2.71. The van der Waals surface area contributed by atoms with Crippen LogP contribution in [-0.2, 0) is 4.79 Å². The van der Waals surface area contributed by atoms with Crippen LogP contribution in [-0.4, -0.2) is 26.3 Å². The zero-order valence-corrected chi connectivity index (χ0v) is 16.8. The van der Waals surface area contributed by atoms with Gasteiger partial charge in [-0.05, 0) is 49.2 Å². The lowest BCUT2D eigenvalue weighted by molar-refractivity contribution is -0.129. The third-order valence-corrected chi connectivity index (χ3v) is 3.96. The second-order valence-corrected chi connectivity index (χ2v) is 6.10. The van der Waals surface area contributed by atoms with Crippen LogP contribution in [0.2, 0.25) is 0 Å². The van der Waals surface area contributed by atoms with Gasteiger partial charge < -0.3 is 18.9 Å². The molecule has 0 saturated heterocycles. The summed E-state index contributed by atoms with van der Waals surface area (Å²) in [5.41, 5.74) is 0.813. The lowest BCUT2D eigenvalue weighted by atomic mass is 10.2. The van der Waals surface area contributed by atoms with Gasteiger partial charge in [0.05, 0.1) is 20.3 Å². The van der Waals surface area contributed by atoms with E-state index in [4.69, 9.17) is 18.9 Å². The van der Waals surface area contributed by atoms with Gasteiger partial charge in [-0.3, -0.25) is 0 Å². The highest BCUT2D eigenvalue weighted by atomic mass is 16.6. The van der Waals surface area contributed by atoms with Crippen LogP contribution in [0.15, 0.2) is 48.5 Å². The van der Waals surface area contributed by atoms with E-state index in [0.29, 0.717) is 36.2 Å². The smallest absolute Gasteiger partial charge is 0.336 e. The summed E-state index contributed by atoms with van der Waals surface area (Å²) in [5, 5.41) is 0. The van der Waals surface area contributed by atoms with E-state index < -0.39 is 5.97 Å². The molecule has 0 bridgehead atoms. The number of esters is 1. The maximum atomic E-state index is 12.1. The molecule has 0 N–H and O–H groups in total. The van der Waals surface area contributed by atoms with Gasteiger partial charge in [0.15, 0.2) is 23.0 Å². The van der Waals surface area contributed by atoms with Crippen molar-refractivity contribution in [2.45, 2.75) is 33.1 Å². The van der Waals surface area contributed by atoms with E-state index in [9.17, 15) is 4.79 Å². The van der Waals surface area contributed by atoms with E-state index in [1.54, 1.807) is 31.4 Å². The van der Waals surface area contributed by atoms with Gasteiger partial charge in [0, 0.05) is 6.08 Å². The highest BCUT2D eigenvalue weighted by molar-refractivity contribution is 5.89. The molecule has 150 valence electrons. The molecule has 0 aromatic heterocycles. The molecule has 0 aliphatic rings.